The lowest BCUT2D eigenvalue weighted by atomic mass is 10.2. The van der Waals surface area contributed by atoms with Crippen LogP contribution < -0.4 is 5.43 Å². The van der Waals surface area contributed by atoms with Crippen molar-refractivity contribution in [3.05, 3.63) is 42.5 Å². The van der Waals surface area contributed by atoms with E-state index in [4.69, 9.17) is 0 Å². The van der Waals surface area contributed by atoms with Crippen molar-refractivity contribution in [1.82, 2.24) is 19.9 Å². The summed E-state index contributed by atoms with van der Waals surface area (Å²) in [5.74, 6) is 0.691. The predicted molar refractivity (Wildman–Crippen MR) is 71.0 cm³/mol. The summed E-state index contributed by atoms with van der Waals surface area (Å²) in [5, 5.41) is 13.6. The minimum Gasteiger partial charge on any atom is -0.507 e. The Morgan fingerprint density at radius 3 is 3.00 bits per heavy atom. The van der Waals surface area contributed by atoms with Gasteiger partial charge in [-0.05, 0) is 12.1 Å². The summed E-state index contributed by atoms with van der Waals surface area (Å²) in [6.45, 7) is 0. The number of phenolic OH excluding ortho intramolecular Hbond substituents is 1. The van der Waals surface area contributed by atoms with Gasteiger partial charge in [-0.25, -0.2) is 15.0 Å². The Labute approximate surface area is 108 Å². The van der Waals surface area contributed by atoms with Crippen LogP contribution in [0, 0.1) is 0 Å². The number of hydrazone groups is 1. The zero-order valence-electron chi connectivity index (χ0n) is 9.78. The second kappa shape index (κ2) is 4.73. The van der Waals surface area contributed by atoms with E-state index in [1.807, 2.05) is 6.07 Å². The Balaban J connectivity index is 1.83. The average molecular weight is 254 g/mol. The first-order chi connectivity index (χ1) is 9.34. The summed E-state index contributed by atoms with van der Waals surface area (Å²) in [4.78, 5) is 15.0. The van der Waals surface area contributed by atoms with Crippen molar-refractivity contribution < 1.29 is 5.11 Å². The first-order valence-corrected chi connectivity index (χ1v) is 5.56. The van der Waals surface area contributed by atoms with Crippen molar-refractivity contribution in [2.24, 2.45) is 5.10 Å². The lowest BCUT2D eigenvalue weighted by Gasteiger charge is -2.00. The highest BCUT2D eigenvalue weighted by Gasteiger charge is 2.03. The van der Waals surface area contributed by atoms with Gasteiger partial charge in [-0.1, -0.05) is 12.1 Å². The van der Waals surface area contributed by atoms with Gasteiger partial charge in [0.15, 0.2) is 11.5 Å². The Hall–Kier alpha value is -2.96. The van der Waals surface area contributed by atoms with Gasteiger partial charge in [0.25, 0.3) is 0 Å². The number of nitrogens with zero attached hydrogens (tertiary/aromatic N) is 4. The molecule has 2 aromatic heterocycles. The lowest BCUT2D eigenvalue weighted by molar-refractivity contribution is 0.474. The molecule has 0 bridgehead atoms. The molecule has 94 valence electrons. The van der Waals surface area contributed by atoms with Crippen LogP contribution in [0.2, 0.25) is 0 Å². The van der Waals surface area contributed by atoms with Crippen molar-refractivity contribution >= 4 is 23.2 Å². The third-order valence-electron chi connectivity index (χ3n) is 2.53. The highest BCUT2D eigenvalue weighted by atomic mass is 16.3. The molecule has 0 fully saturated rings. The minimum absolute atomic E-state index is 0.169. The number of aromatic amines is 1. The van der Waals surface area contributed by atoms with Gasteiger partial charge in [0.05, 0.1) is 12.5 Å². The first-order valence-electron chi connectivity index (χ1n) is 5.56. The van der Waals surface area contributed by atoms with E-state index in [1.54, 1.807) is 18.2 Å². The van der Waals surface area contributed by atoms with Crippen LogP contribution in [0.3, 0.4) is 0 Å². The van der Waals surface area contributed by atoms with Crippen LogP contribution in [0.4, 0.5) is 5.82 Å². The Morgan fingerprint density at radius 1 is 1.21 bits per heavy atom. The van der Waals surface area contributed by atoms with Crippen LogP contribution >= 0.6 is 0 Å². The van der Waals surface area contributed by atoms with Crippen LogP contribution in [0.25, 0.3) is 11.2 Å². The fourth-order valence-electron chi connectivity index (χ4n) is 1.61. The number of aromatic hydroxyl groups is 1. The molecule has 2 heterocycles. The zero-order valence-corrected chi connectivity index (χ0v) is 9.78. The van der Waals surface area contributed by atoms with Crippen LogP contribution in [0.1, 0.15) is 5.56 Å². The molecule has 1 aromatic carbocycles. The number of para-hydroxylation sites is 1. The molecule has 0 aliphatic carbocycles. The van der Waals surface area contributed by atoms with E-state index in [1.165, 1.54) is 18.9 Å². The number of phenols is 1. The van der Waals surface area contributed by atoms with Gasteiger partial charge in [0.1, 0.15) is 17.6 Å². The van der Waals surface area contributed by atoms with E-state index < -0.39 is 0 Å². The number of benzene rings is 1. The fourth-order valence-corrected chi connectivity index (χ4v) is 1.61. The number of nitrogens with one attached hydrogen (secondary N) is 2. The zero-order chi connectivity index (χ0) is 13.1. The number of hydrogen-bond donors (Lipinski definition) is 3. The molecule has 7 nitrogen and oxygen atoms in total. The molecule has 19 heavy (non-hydrogen) atoms. The normalized spacial score (nSPS) is 11.2. The molecule has 0 aliphatic heterocycles. The molecule has 0 radical (unpaired) electrons. The molecule has 0 unspecified atom stereocenters. The van der Waals surface area contributed by atoms with Gasteiger partial charge in [0.2, 0.25) is 0 Å². The monoisotopic (exact) mass is 254 g/mol. The summed E-state index contributed by atoms with van der Waals surface area (Å²) in [6, 6.07) is 6.92. The molecule has 0 amide bonds. The van der Waals surface area contributed by atoms with E-state index >= 15 is 0 Å². The largest absolute Gasteiger partial charge is 0.507 e. The number of rotatable bonds is 3. The van der Waals surface area contributed by atoms with E-state index in [-0.39, 0.29) is 5.75 Å². The molecule has 0 aliphatic rings. The molecule has 0 atom stereocenters. The topological polar surface area (TPSA) is 99.1 Å². The number of fused-ring (bicyclic) bond motifs is 1. The van der Waals surface area contributed by atoms with E-state index in [0.29, 0.717) is 22.5 Å². The third-order valence-corrected chi connectivity index (χ3v) is 2.53. The van der Waals surface area contributed by atoms with Gasteiger partial charge in [-0.2, -0.15) is 5.10 Å². The molecule has 7 heteroatoms. The maximum Gasteiger partial charge on any atom is 0.182 e. The second-order valence-corrected chi connectivity index (χ2v) is 3.75. The molecule has 3 aromatic rings. The standard InChI is InChI=1S/C12H10N6O/c19-9-4-2-1-3-8(9)5-17-18-12-10-11(14-6-13-10)15-7-16-12/h1-7,19H,(H2,13,14,15,16,18)/b17-5+. The average Bonchev–Trinajstić information content (AvgIpc) is 2.90. The van der Waals surface area contributed by atoms with Crippen LogP contribution in [0.5, 0.6) is 5.75 Å². The highest BCUT2D eigenvalue weighted by Crippen LogP contribution is 2.15. The van der Waals surface area contributed by atoms with Crippen LogP contribution in [0.15, 0.2) is 42.0 Å². The molecule has 3 N–H and O–H groups in total. The van der Waals surface area contributed by atoms with Gasteiger partial charge in [0, 0.05) is 5.56 Å². The molecule has 0 saturated carbocycles. The third kappa shape index (κ3) is 2.21. The number of aromatic nitrogens is 4. The van der Waals surface area contributed by atoms with E-state index in [2.05, 4.69) is 30.5 Å². The highest BCUT2D eigenvalue weighted by molar-refractivity contribution is 5.85. The van der Waals surface area contributed by atoms with Gasteiger partial charge >= 0.3 is 0 Å². The molecule has 0 saturated heterocycles. The Kier molecular flexibility index (Phi) is 2.77. The van der Waals surface area contributed by atoms with Gasteiger partial charge in [-0.3, -0.25) is 5.43 Å². The summed E-state index contributed by atoms with van der Waals surface area (Å²) in [6.07, 6.45) is 4.46. The van der Waals surface area contributed by atoms with Crippen molar-refractivity contribution in [3.63, 3.8) is 0 Å². The van der Waals surface area contributed by atoms with Gasteiger partial charge < -0.3 is 10.1 Å². The van der Waals surface area contributed by atoms with Crippen molar-refractivity contribution in [1.29, 1.82) is 0 Å². The smallest absolute Gasteiger partial charge is 0.182 e. The Morgan fingerprint density at radius 2 is 2.11 bits per heavy atom. The summed E-state index contributed by atoms with van der Waals surface area (Å²) < 4.78 is 0. The Bertz CT molecular complexity index is 736. The van der Waals surface area contributed by atoms with E-state index in [0.717, 1.165) is 0 Å². The van der Waals surface area contributed by atoms with Crippen molar-refractivity contribution in [3.8, 4) is 5.75 Å². The fraction of sp³-hybridized carbons (Fsp3) is 0. The lowest BCUT2D eigenvalue weighted by Crippen LogP contribution is -1.95. The quantitative estimate of drug-likeness (QED) is 0.486. The number of anilines is 1. The first kappa shape index (κ1) is 11.1. The van der Waals surface area contributed by atoms with E-state index in [9.17, 15) is 5.11 Å². The van der Waals surface area contributed by atoms with Crippen LogP contribution in [-0.4, -0.2) is 31.3 Å². The van der Waals surface area contributed by atoms with Crippen molar-refractivity contribution in [2.75, 3.05) is 5.43 Å². The molecule has 0 spiro atoms. The molecular formula is C12H10N6O. The maximum absolute atomic E-state index is 9.59. The number of hydrogen-bond acceptors (Lipinski definition) is 6. The number of imidazole rings is 1. The van der Waals surface area contributed by atoms with Gasteiger partial charge in [-0.15, -0.1) is 0 Å². The molecular weight excluding hydrogens is 244 g/mol. The van der Waals surface area contributed by atoms with Crippen molar-refractivity contribution in [2.45, 2.75) is 0 Å². The summed E-state index contributed by atoms with van der Waals surface area (Å²) >= 11 is 0. The maximum atomic E-state index is 9.59. The van der Waals surface area contributed by atoms with Crippen LogP contribution in [-0.2, 0) is 0 Å². The minimum atomic E-state index is 0.169. The predicted octanol–water partition coefficient (Wildman–Crippen LogP) is 1.50. The SMILES string of the molecule is Oc1ccccc1/C=N/Nc1ncnc2nc[nH]c12. The second-order valence-electron chi connectivity index (χ2n) is 3.75. The number of H-pyrrole nitrogens is 1. The summed E-state index contributed by atoms with van der Waals surface area (Å²) in [5.41, 5.74) is 4.64. The summed E-state index contributed by atoms with van der Waals surface area (Å²) in [7, 11) is 0. The molecule has 3 rings (SSSR count).